The molecular formula is C4H11NO6. The van der Waals surface area contributed by atoms with Crippen LogP contribution in [0, 0.1) is 10.1 Å². The van der Waals surface area contributed by atoms with Crippen LogP contribution in [0.1, 0.15) is 0 Å². The third-order valence-electron chi connectivity index (χ3n) is 0.388. The van der Waals surface area contributed by atoms with Crippen LogP contribution in [0.3, 0.4) is 0 Å². The monoisotopic (exact) mass is 169 g/mol. The molecule has 0 unspecified atom stereocenters. The van der Waals surface area contributed by atoms with Crippen molar-refractivity contribution in [1.82, 2.24) is 0 Å². The van der Waals surface area contributed by atoms with E-state index < -0.39 is 5.09 Å². The molecule has 0 rings (SSSR count). The summed E-state index contributed by atoms with van der Waals surface area (Å²) in [6.07, 6.45) is 0. The molecule has 68 valence electrons. The molecule has 0 aliphatic heterocycles. The first-order valence-corrected chi connectivity index (χ1v) is 2.79. The summed E-state index contributed by atoms with van der Waals surface area (Å²) in [5, 5.41) is 31.4. The van der Waals surface area contributed by atoms with Gasteiger partial charge in [0.15, 0.2) is 0 Å². The smallest absolute Gasteiger partial charge is 0.294 e. The zero-order valence-electron chi connectivity index (χ0n) is 5.84. The van der Waals surface area contributed by atoms with Gasteiger partial charge in [-0.25, -0.2) is 0 Å². The average Bonchev–Trinajstić information content (AvgIpc) is 2.01. The lowest BCUT2D eigenvalue weighted by atomic mass is 10.8. The molecule has 3 N–H and O–H groups in total. The molecule has 0 aliphatic rings. The number of nitrogens with zero attached hydrogens (tertiary/aromatic N) is 1. The molecule has 11 heavy (non-hydrogen) atoms. The second-order valence-electron chi connectivity index (χ2n) is 1.23. The molecule has 0 atom stereocenters. The van der Waals surface area contributed by atoms with Gasteiger partial charge in [-0.2, -0.15) is 0 Å². The minimum Gasteiger partial charge on any atom is -0.394 e. The summed E-state index contributed by atoms with van der Waals surface area (Å²) in [6, 6.07) is 0. The third kappa shape index (κ3) is 27.3. The molecule has 0 aromatic carbocycles. The maximum absolute atomic E-state index is 9.23. The first-order valence-electron chi connectivity index (χ1n) is 2.79. The van der Waals surface area contributed by atoms with E-state index in [2.05, 4.69) is 4.84 Å². The number of hydrogen-bond donors (Lipinski definition) is 3. The van der Waals surface area contributed by atoms with Gasteiger partial charge >= 0.3 is 0 Å². The zero-order chi connectivity index (χ0) is 9.11. The van der Waals surface area contributed by atoms with Crippen LogP contribution in [0.5, 0.6) is 0 Å². The van der Waals surface area contributed by atoms with Crippen LogP contribution in [0.2, 0.25) is 0 Å². The molecule has 0 fully saturated rings. The Balaban J connectivity index is 0. The predicted octanol–water partition coefficient (Wildman–Crippen LogP) is -1.84. The van der Waals surface area contributed by atoms with Crippen molar-refractivity contribution in [1.29, 1.82) is 0 Å². The van der Waals surface area contributed by atoms with Gasteiger partial charge in [0.25, 0.3) is 5.09 Å². The predicted molar refractivity (Wildman–Crippen MR) is 34.2 cm³/mol. The largest absolute Gasteiger partial charge is 0.394 e. The summed E-state index contributed by atoms with van der Waals surface area (Å²) in [4.78, 5) is 12.9. The molecule has 0 radical (unpaired) electrons. The van der Waals surface area contributed by atoms with Gasteiger partial charge in [0.2, 0.25) is 0 Å². The Labute approximate surface area is 62.9 Å². The van der Waals surface area contributed by atoms with E-state index in [0.29, 0.717) is 0 Å². The number of rotatable bonds is 4. The highest BCUT2D eigenvalue weighted by Gasteiger charge is 1.88. The first-order chi connectivity index (χ1) is 5.18. The maximum Gasteiger partial charge on any atom is 0.294 e. The van der Waals surface area contributed by atoms with E-state index >= 15 is 0 Å². The van der Waals surface area contributed by atoms with Crippen LogP contribution in [0.4, 0.5) is 0 Å². The molecule has 0 saturated heterocycles. The summed E-state index contributed by atoms with van der Waals surface area (Å²) in [5.74, 6) is 0. The van der Waals surface area contributed by atoms with Gasteiger partial charge in [-0.05, 0) is 0 Å². The molecule has 7 nitrogen and oxygen atoms in total. The second kappa shape index (κ2) is 11.8. The quantitative estimate of drug-likeness (QED) is 0.336. The lowest BCUT2D eigenvalue weighted by molar-refractivity contribution is -0.758. The van der Waals surface area contributed by atoms with Gasteiger partial charge in [-0.15, -0.1) is 10.1 Å². The maximum atomic E-state index is 9.23. The Morgan fingerprint density at radius 3 is 1.73 bits per heavy atom. The fraction of sp³-hybridized carbons (Fsp3) is 1.00. The number of hydrogen-bond acceptors (Lipinski definition) is 6. The Morgan fingerprint density at radius 1 is 1.18 bits per heavy atom. The van der Waals surface area contributed by atoms with Crippen LogP contribution in [-0.2, 0) is 4.84 Å². The standard InChI is InChI=1S/C2H5NO4.C2H6O2/c4-1-2-7-3(5)6;3-1-2-4/h4H,1-2H2;3-4H,1-2H2. The zero-order valence-corrected chi connectivity index (χ0v) is 5.84. The Kier molecular flexibility index (Phi) is 13.7. The highest BCUT2D eigenvalue weighted by molar-refractivity contribution is 4.11. The van der Waals surface area contributed by atoms with E-state index in [1.165, 1.54) is 0 Å². The molecule has 0 aromatic rings. The summed E-state index contributed by atoms with van der Waals surface area (Å²) >= 11 is 0. The highest BCUT2D eigenvalue weighted by Crippen LogP contribution is 1.69. The van der Waals surface area contributed by atoms with E-state index in [1.807, 2.05) is 0 Å². The summed E-state index contributed by atoms with van der Waals surface area (Å²) in [7, 11) is 0. The molecule has 0 saturated carbocycles. The second-order valence-corrected chi connectivity index (χ2v) is 1.23. The van der Waals surface area contributed by atoms with Crippen LogP contribution in [0.25, 0.3) is 0 Å². The molecule has 0 amide bonds. The summed E-state index contributed by atoms with van der Waals surface area (Å²) in [5.41, 5.74) is 0. The van der Waals surface area contributed by atoms with Crippen molar-refractivity contribution < 1.29 is 25.2 Å². The van der Waals surface area contributed by atoms with Crippen molar-refractivity contribution in [2.24, 2.45) is 0 Å². The Morgan fingerprint density at radius 2 is 1.64 bits per heavy atom. The topological polar surface area (TPSA) is 113 Å². The van der Waals surface area contributed by atoms with Gasteiger partial charge in [-0.3, -0.25) is 0 Å². The SMILES string of the molecule is O=[N+]([O-])OCCO.OCCO. The molecule has 0 aromatic heterocycles. The third-order valence-corrected chi connectivity index (χ3v) is 0.388. The number of aliphatic hydroxyl groups excluding tert-OH is 3. The van der Waals surface area contributed by atoms with Crippen LogP contribution >= 0.6 is 0 Å². The summed E-state index contributed by atoms with van der Waals surface area (Å²) < 4.78 is 0. The van der Waals surface area contributed by atoms with Crippen LogP contribution in [-0.4, -0.2) is 46.8 Å². The molecule has 7 heteroatoms. The van der Waals surface area contributed by atoms with E-state index in [-0.39, 0.29) is 26.4 Å². The van der Waals surface area contributed by atoms with E-state index in [1.54, 1.807) is 0 Å². The van der Waals surface area contributed by atoms with Gasteiger partial charge in [0.05, 0.1) is 19.8 Å². The molecule has 0 aliphatic carbocycles. The number of aliphatic hydroxyl groups is 3. The van der Waals surface area contributed by atoms with Gasteiger partial charge in [-0.1, -0.05) is 0 Å². The fourth-order valence-electron chi connectivity index (χ4n) is 0.115. The Hall–Kier alpha value is -0.920. The lowest BCUT2D eigenvalue weighted by Crippen LogP contribution is -2.04. The van der Waals surface area contributed by atoms with Crippen molar-refractivity contribution in [2.45, 2.75) is 0 Å². The van der Waals surface area contributed by atoms with E-state index in [0.717, 1.165) is 0 Å². The van der Waals surface area contributed by atoms with Gasteiger partial charge < -0.3 is 20.2 Å². The first kappa shape index (κ1) is 12.7. The van der Waals surface area contributed by atoms with Gasteiger partial charge in [0.1, 0.15) is 6.61 Å². The highest BCUT2D eigenvalue weighted by atomic mass is 16.9. The molecule has 0 heterocycles. The van der Waals surface area contributed by atoms with Crippen molar-refractivity contribution in [3.8, 4) is 0 Å². The van der Waals surface area contributed by atoms with Crippen molar-refractivity contribution in [3.63, 3.8) is 0 Å². The average molecular weight is 169 g/mol. The minimum atomic E-state index is -0.948. The van der Waals surface area contributed by atoms with Crippen LogP contribution in [0.15, 0.2) is 0 Å². The van der Waals surface area contributed by atoms with Crippen molar-refractivity contribution >= 4 is 0 Å². The molecule has 0 spiro atoms. The Bertz CT molecular complexity index is 84.7. The fourth-order valence-corrected chi connectivity index (χ4v) is 0.115. The lowest BCUT2D eigenvalue weighted by Gasteiger charge is -1.88. The van der Waals surface area contributed by atoms with Crippen molar-refractivity contribution in [3.05, 3.63) is 10.1 Å². The van der Waals surface area contributed by atoms with Crippen molar-refractivity contribution in [2.75, 3.05) is 26.4 Å². The van der Waals surface area contributed by atoms with Gasteiger partial charge in [0, 0.05) is 0 Å². The van der Waals surface area contributed by atoms with E-state index in [4.69, 9.17) is 15.3 Å². The minimum absolute atomic E-state index is 0.125. The summed E-state index contributed by atoms with van der Waals surface area (Å²) in [6.45, 7) is -0.812. The normalized spacial score (nSPS) is 7.91. The van der Waals surface area contributed by atoms with Crippen LogP contribution < -0.4 is 0 Å². The van der Waals surface area contributed by atoms with E-state index in [9.17, 15) is 10.1 Å². The molecule has 0 bridgehead atoms. The molecular weight excluding hydrogens is 158 g/mol.